The number of nitrogens with two attached hydrogens (primary N) is 1. The third-order valence-corrected chi connectivity index (χ3v) is 2.49. The molecule has 0 aromatic heterocycles. The summed E-state index contributed by atoms with van der Waals surface area (Å²) in [5.74, 6) is 0. The number of rotatable bonds is 1. The van der Waals surface area contributed by atoms with Crippen molar-refractivity contribution in [2.24, 2.45) is 0 Å². The van der Waals surface area contributed by atoms with Crippen LogP contribution in [0, 0.1) is 0 Å². The summed E-state index contributed by atoms with van der Waals surface area (Å²) in [5.41, 5.74) is 5.57. The van der Waals surface area contributed by atoms with Crippen molar-refractivity contribution in [1.29, 1.82) is 0 Å². The van der Waals surface area contributed by atoms with Crippen molar-refractivity contribution in [1.82, 2.24) is 0 Å². The Kier molecular flexibility index (Phi) is 5.86. The number of nitrogen functional groups attached to an aromatic ring is 1. The molecule has 1 aromatic rings. The van der Waals surface area contributed by atoms with E-state index < -0.39 is 11.1 Å². The maximum absolute atomic E-state index is 10.5. The van der Waals surface area contributed by atoms with E-state index in [0.717, 1.165) is 0 Å². The fourth-order valence-corrected chi connectivity index (χ4v) is 1.70. The summed E-state index contributed by atoms with van der Waals surface area (Å²) in [5, 5.41) is 0.281. The first-order valence-corrected chi connectivity index (χ1v) is 4.69. The standard InChI is InChI=1S/C6H5Cl2NO2S.Na/c7-4-1-3(12(10)11)2-5(8)6(4)9;/h1-2H,9H2,(H,10,11);/q;+1/p-1. The van der Waals surface area contributed by atoms with Crippen LogP contribution < -0.4 is 35.3 Å². The van der Waals surface area contributed by atoms with E-state index in [1.165, 1.54) is 12.1 Å². The summed E-state index contributed by atoms with van der Waals surface area (Å²) in [4.78, 5) is 0.0270. The molecule has 3 nitrogen and oxygen atoms in total. The van der Waals surface area contributed by atoms with Crippen molar-refractivity contribution in [2.45, 2.75) is 4.90 Å². The van der Waals surface area contributed by atoms with Crippen LogP contribution in [-0.2, 0) is 11.1 Å². The van der Waals surface area contributed by atoms with Crippen molar-refractivity contribution >= 4 is 40.0 Å². The molecule has 2 N–H and O–H groups in total. The van der Waals surface area contributed by atoms with E-state index in [4.69, 9.17) is 28.9 Å². The van der Waals surface area contributed by atoms with Gasteiger partial charge in [0.2, 0.25) is 0 Å². The van der Waals surface area contributed by atoms with Gasteiger partial charge in [0, 0.05) is 4.90 Å². The molecule has 0 saturated carbocycles. The Balaban J connectivity index is 0.00000144. The van der Waals surface area contributed by atoms with Crippen LogP contribution in [0.2, 0.25) is 10.0 Å². The maximum atomic E-state index is 10.5. The van der Waals surface area contributed by atoms with Crippen LogP contribution in [0.5, 0.6) is 0 Å². The van der Waals surface area contributed by atoms with Crippen LogP contribution >= 0.6 is 23.2 Å². The van der Waals surface area contributed by atoms with Gasteiger partial charge in [0.15, 0.2) is 0 Å². The van der Waals surface area contributed by atoms with Crippen LogP contribution in [0.4, 0.5) is 5.69 Å². The number of hydrogen-bond acceptors (Lipinski definition) is 3. The van der Waals surface area contributed by atoms with Crippen LogP contribution in [-0.4, -0.2) is 8.76 Å². The molecule has 1 atom stereocenters. The number of hydrogen-bond donors (Lipinski definition) is 1. The van der Waals surface area contributed by atoms with Gasteiger partial charge in [-0.1, -0.05) is 23.2 Å². The number of halogens is 2. The molecule has 0 heterocycles. The average Bonchev–Trinajstić information content (AvgIpc) is 1.99. The smallest absolute Gasteiger partial charge is 0.768 e. The van der Waals surface area contributed by atoms with Gasteiger partial charge in [-0.2, -0.15) is 0 Å². The van der Waals surface area contributed by atoms with E-state index in [1.807, 2.05) is 0 Å². The second-order valence-corrected chi connectivity index (χ2v) is 3.79. The van der Waals surface area contributed by atoms with Gasteiger partial charge in [0.05, 0.1) is 15.7 Å². The van der Waals surface area contributed by atoms with Crippen LogP contribution in [0.15, 0.2) is 17.0 Å². The Morgan fingerprint density at radius 3 is 2.00 bits per heavy atom. The average molecular weight is 248 g/mol. The Morgan fingerprint density at radius 2 is 1.69 bits per heavy atom. The van der Waals surface area contributed by atoms with Gasteiger partial charge in [-0.25, -0.2) is 0 Å². The van der Waals surface area contributed by atoms with Gasteiger partial charge in [-0.3, -0.25) is 4.21 Å². The molecule has 13 heavy (non-hydrogen) atoms. The first kappa shape index (κ1) is 13.7. The molecular formula is C6H4Cl2NNaO2S. The van der Waals surface area contributed by atoms with E-state index in [-0.39, 0.29) is 50.2 Å². The van der Waals surface area contributed by atoms with E-state index in [9.17, 15) is 8.76 Å². The van der Waals surface area contributed by atoms with Gasteiger partial charge in [-0.05, 0) is 23.2 Å². The van der Waals surface area contributed by atoms with E-state index >= 15 is 0 Å². The largest absolute Gasteiger partial charge is 1.00 e. The molecular weight excluding hydrogens is 244 g/mol. The zero-order valence-electron chi connectivity index (χ0n) is 6.71. The molecule has 1 aromatic carbocycles. The molecule has 66 valence electrons. The molecule has 1 unspecified atom stereocenters. The molecule has 0 aliphatic carbocycles. The fraction of sp³-hybridized carbons (Fsp3) is 0. The molecule has 0 radical (unpaired) electrons. The third kappa shape index (κ3) is 3.40. The first-order valence-electron chi connectivity index (χ1n) is 2.86. The zero-order valence-corrected chi connectivity index (χ0v) is 11.0. The molecule has 1 rings (SSSR count). The molecule has 0 saturated heterocycles. The number of anilines is 1. The Hall–Kier alpha value is 0.710. The summed E-state index contributed by atoms with van der Waals surface area (Å²) >= 11 is 8.83. The summed E-state index contributed by atoms with van der Waals surface area (Å²) in [6, 6.07) is 2.48. The molecule has 0 aliphatic rings. The van der Waals surface area contributed by atoms with Crippen LogP contribution in [0.3, 0.4) is 0 Å². The summed E-state index contributed by atoms with van der Waals surface area (Å²) in [6.45, 7) is 0. The Bertz CT molecular complexity index is 324. The SMILES string of the molecule is Nc1c(Cl)cc(S(=O)[O-])cc1Cl.[Na+]. The Morgan fingerprint density at radius 1 is 1.31 bits per heavy atom. The molecule has 0 bridgehead atoms. The van der Waals surface area contributed by atoms with Gasteiger partial charge in [-0.15, -0.1) is 0 Å². The van der Waals surface area contributed by atoms with Crippen molar-refractivity contribution in [3.05, 3.63) is 22.2 Å². The van der Waals surface area contributed by atoms with Crippen LogP contribution in [0.25, 0.3) is 0 Å². The summed E-state index contributed by atoms with van der Waals surface area (Å²) in [6.07, 6.45) is 0. The molecule has 0 spiro atoms. The van der Waals surface area contributed by atoms with Gasteiger partial charge in [0.1, 0.15) is 0 Å². The maximum Gasteiger partial charge on any atom is 1.00 e. The Labute approximate surface area is 110 Å². The van der Waals surface area contributed by atoms with E-state index in [0.29, 0.717) is 0 Å². The first-order chi connectivity index (χ1) is 5.52. The fourth-order valence-electron chi connectivity index (χ4n) is 0.657. The van der Waals surface area contributed by atoms with E-state index in [2.05, 4.69) is 0 Å². The third-order valence-electron chi connectivity index (χ3n) is 1.25. The van der Waals surface area contributed by atoms with Crippen molar-refractivity contribution < 1.29 is 38.3 Å². The van der Waals surface area contributed by atoms with Crippen LogP contribution in [0.1, 0.15) is 0 Å². The van der Waals surface area contributed by atoms with Gasteiger partial charge < -0.3 is 10.3 Å². The quantitative estimate of drug-likeness (QED) is 0.386. The second kappa shape index (κ2) is 5.56. The van der Waals surface area contributed by atoms with Crippen molar-refractivity contribution in [2.75, 3.05) is 5.73 Å². The second-order valence-electron chi connectivity index (χ2n) is 2.04. The van der Waals surface area contributed by atoms with Gasteiger partial charge >= 0.3 is 29.6 Å². The minimum absolute atomic E-state index is 0. The predicted molar refractivity (Wildman–Crippen MR) is 48.1 cm³/mol. The van der Waals surface area contributed by atoms with Crippen molar-refractivity contribution in [3.8, 4) is 0 Å². The predicted octanol–water partition coefficient (Wildman–Crippen LogP) is -1.18. The molecule has 0 amide bonds. The number of benzene rings is 1. The topological polar surface area (TPSA) is 66.2 Å². The molecule has 7 heteroatoms. The van der Waals surface area contributed by atoms with Gasteiger partial charge in [0.25, 0.3) is 0 Å². The monoisotopic (exact) mass is 247 g/mol. The molecule has 0 aliphatic heterocycles. The summed E-state index contributed by atoms with van der Waals surface area (Å²) in [7, 11) is 0. The molecule has 0 fully saturated rings. The minimum atomic E-state index is -2.33. The minimum Gasteiger partial charge on any atom is -0.768 e. The summed E-state index contributed by atoms with van der Waals surface area (Å²) < 4.78 is 20.9. The van der Waals surface area contributed by atoms with Crippen molar-refractivity contribution in [3.63, 3.8) is 0 Å². The van der Waals surface area contributed by atoms with E-state index in [1.54, 1.807) is 0 Å². The normalized spacial score (nSPS) is 11.9. The zero-order chi connectivity index (χ0) is 9.30.